The molecule has 22 heavy (non-hydrogen) atoms. The van der Waals surface area contributed by atoms with Gasteiger partial charge in [-0.3, -0.25) is 9.97 Å². The molecule has 0 aliphatic carbocycles. The standard InChI is InChI=1S/C18H12N4/c1-3-11-19-13(5-1)15-7-9-18-17(21-15)10-8-16(22-18)14-6-2-4-12-20-14/h1-12H. The minimum absolute atomic E-state index is 0.848. The normalized spacial score (nSPS) is 10.7. The Hall–Kier alpha value is -3.14. The summed E-state index contributed by atoms with van der Waals surface area (Å²) in [4.78, 5) is 17.9. The summed E-state index contributed by atoms with van der Waals surface area (Å²) in [7, 11) is 0. The molecule has 0 N–H and O–H groups in total. The van der Waals surface area contributed by atoms with Gasteiger partial charge in [0.1, 0.15) is 0 Å². The number of fused-ring (bicyclic) bond motifs is 1. The first-order valence-corrected chi connectivity index (χ1v) is 7.01. The zero-order valence-corrected chi connectivity index (χ0v) is 11.7. The summed E-state index contributed by atoms with van der Waals surface area (Å²) in [5, 5.41) is 0. The lowest BCUT2D eigenvalue weighted by Crippen LogP contribution is -1.91. The van der Waals surface area contributed by atoms with E-state index < -0.39 is 0 Å². The van der Waals surface area contributed by atoms with Crippen LogP contribution in [0, 0.1) is 0 Å². The van der Waals surface area contributed by atoms with Gasteiger partial charge >= 0.3 is 0 Å². The molecule has 0 aliphatic rings. The Labute approximate surface area is 127 Å². The number of pyridine rings is 4. The van der Waals surface area contributed by atoms with E-state index in [1.807, 2.05) is 60.7 Å². The Balaban J connectivity index is 1.80. The van der Waals surface area contributed by atoms with E-state index >= 15 is 0 Å². The molecule has 0 aliphatic heterocycles. The topological polar surface area (TPSA) is 51.6 Å². The van der Waals surface area contributed by atoms with Gasteiger partial charge < -0.3 is 0 Å². The third-order valence-electron chi connectivity index (χ3n) is 3.40. The summed E-state index contributed by atoms with van der Waals surface area (Å²) >= 11 is 0. The molecule has 4 aromatic heterocycles. The van der Waals surface area contributed by atoms with Crippen molar-refractivity contribution >= 4 is 11.0 Å². The van der Waals surface area contributed by atoms with Crippen molar-refractivity contribution in [3.63, 3.8) is 0 Å². The molecule has 4 rings (SSSR count). The molecule has 0 atom stereocenters. The van der Waals surface area contributed by atoms with Crippen molar-refractivity contribution in [1.29, 1.82) is 0 Å². The Kier molecular flexibility index (Phi) is 3.05. The monoisotopic (exact) mass is 284 g/mol. The van der Waals surface area contributed by atoms with Crippen LogP contribution in [0.4, 0.5) is 0 Å². The third kappa shape index (κ3) is 2.31. The first-order valence-electron chi connectivity index (χ1n) is 7.01. The largest absolute Gasteiger partial charge is 0.255 e. The Bertz CT molecular complexity index is 842. The number of nitrogens with zero attached hydrogens (tertiary/aromatic N) is 4. The number of hydrogen-bond acceptors (Lipinski definition) is 4. The van der Waals surface area contributed by atoms with Gasteiger partial charge in [-0.25, -0.2) is 9.97 Å². The smallest absolute Gasteiger partial charge is 0.0895 e. The highest BCUT2D eigenvalue weighted by Crippen LogP contribution is 2.21. The van der Waals surface area contributed by atoms with Crippen molar-refractivity contribution < 1.29 is 0 Å². The van der Waals surface area contributed by atoms with Crippen molar-refractivity contribution in [3.8, 4) is 22.8 Å². The molecule has 0 aromatic carbocycles. The van der Waals surface area contributed by atoms with Crippen molar-refractivity contribution in [1.82, 2.24) is 19.9 Å². The maximum absolute atomic E-state index is 4.63. The average Bonchev–Trinajstić information content (AvgIpc) is 2.62. The van der Waals surface area contributed by atoms with Crippen LogP contribution in [-0.2, 0) is 0 Å². The maximum Gasteiger partial charge on any atom is 0.0895 e. The fourth-order valence-corrected chi connectivity index (χ4v) is 2.32. The summed E-state index contributed by atoms with van der Waals surface area (Å²) in [5.74, 6) is 0. The van der Waals surface area contributed by atoms with Gasteiger partial charge in [-0.2, -0.15) is 0 Å². The van der Waals surface area contributed by atoms with E-state index in [0.717, 1.165) is 33.8 Å². The molecule has 0 unspecified atom stereocenters. The molecule has 104 valence electrons. The third-order valence-corrected chi connectivity index (χ3v) is 3.40. The molecule has 0 saturated carbocycles. The Morgan fingerprint density at radius 1 is 0.455 bits per heavy atom. The van der Waals surface area contributed by atoms with Gasteiger partial charge in [0.2, 0.25) is 0 Å². The highest BCUT2D eigenvalue weighted by molar-refractivity contribution is 5.79. The van der Waals surface area contributed by atoms with Gasteiger partial charge in [0.25, 0.3) is 0 Å². The van der Waals surface area contributed by atoms with E-state index in [-0.39, 0.29) is 0 Å². The van der Waals surface area contributed by atoms with Crippen molar-refractivity contribution in [3.05, 3.63) is 73.1 Å². The maximum atomic E-state index is 4.63. The Morgan fingerprint density at radius 2 is 0.955 bits per heavy atom. The Morgan fingerprint density at radius 3 is 1.36 bits per heavy atom. The molecule has 4 heteroatoms. The SMILES string of the molecule is c1ccc(-c2ccc3nc(-c4ccccn4)ccc3n2)nc1. The highest BCUT2D eigenvalue weighted by atomic mass is 14.8. The predicted octanol–water partition coefficient (Wildman–Crippen LogP) is 3.75. The second kappa shape index (κ2) is 5.33. The number of hydrogen-bond donors (Lipinski definition) is 0. The highest BCUT2D eigenvalue weighted by Gasteiger charge is 2.05. The molecule has 0 fully saturated rings. The fourth-order valence-electron chi connectivity index (χ4n) is 2.32. The summed E-state index contributed by atoms with van der Waals surface area (Å²) in [5.41, 5.74) is 5.11. The fraction of sp³-hybridized carbons (Fsp3) is 0. The van der Waals surface area contributed by atoms with E-state index in [2.05, 4.69) is 19.9 Å². The van der Waals surface area contributed by atoms with Gasteiger partial charge in [0.05, 0.1) is 33.8 Å². The van der Waals surface area contributed by atoms with E-state index in [1.54, 1.807) is 12.4 Å². The van der Waals surface area contributed by atoms with Crippen LogP contribution < -0.4 is 0 Å². The van der Waals surface area contributed by atoms with E-state index in [4.69, 9.17) is 0 Å². The molecule has 0 amide bonds. The average molecular weight is 284 g/mol. The van der Waals surface area contributed by atoms with Gasteiger partial charge in [-0.05, 0) is 48.5 Å². The van der Waals surface area contributed by atoms with Gasteiger partial charge in [-0.1, -0.05) is 12.1 Å². The van der Waals surface area contributed by atoms with Crippen LogP contribution >= 0.6 is 0 Å². The predicted molar refractivity (Wildman–Crippen MR) is 86.0 cm³/mol. The molecule has 0 radical (unpaired) electrons. The summed E-state index contributed by atoms with van der Waals surface area (Å²) in [6, 6.07) is 19.4. The van der Waals surface area contributed by atoms with Crippen LogP contribution in [0.3, 0.4) is 0 Å². The van der Waals surface area contributed by atoms with E-state index in [9.17, 15) is 0 Å². The first kappa shape index (κ1) is 12.6. The molecule has 0 saturated heterocycles. The van der Waals surface area contributed by atoms with Crippen LogP contribution in [0.5, 0.6) is 0 Å². The lowest BCUT2D eigenvalue weighted by Gasteiger charge is -2.04. The van der Waals surface area contributed by atoms with Crippen LogP contribution in [0.25, 0.3) is 33.8 Å². The summed E-state index contributed by atoms with van der Waals surface area (Å²) in [6.07, 6.45) is 3.53. The van der Waals surface area contributed by atoms with Gasteiger partial charge in [0.15, 0.2) is 0 Å². The zero-order valence-electron chi connectivity index (χ0n) is 11.7. The molecule has 4 nitrogen and oxygen atoms in total. The van der Waals surface area contributed by atoms with Crippen molar-refractivity contribution in [2.24, 2.45) is 0 Å². The van der Waals surface area contributed by atoms with Crippen LogP contribution in [-0.4, -0.2) is 19.9 Å². The van der Waals surface area contributed by atoms with Crippen LogP contribution in [0.2, 0.25) is 0 Å². The summed E-state index contributed by atoms with van der Waals surface area (Å²) < 4.78 is 0. The minimum atomic E-state index is 0.848. The molecular weight excluding hydrogens is 272 g/mol. The van der Waals surface area contributed by atoms with E-state index in [1.165, 1.54) is 0 Å². The molecular formula is C18H12N4. The number of aromatic nitrogens is 4. The first-order chi connectivity index (χ1) is 10.9. The lowest BCUT2D eigenvalue weighted by atomic mass is 10.2. The second-order valence-electron chi connectivity index (χ2n) is 4.86. The van der Waals surface area contributed by atoms with Gasteiger partial charge in [0, 0.05) is 12.4 Å². The summed E-state index contributed by atoms with van der Waals surface area (Å²) in [6.45, 7) is 0. The van der Waals surface area contributed by atoms with Crippen molar-refractivity contribution in [2.45, 2.75) is 0 Å². The second-order valence-corrected chi connectivity index (χ2v) is 4.86. The molecule has 0 bridgehead atoms. The lowest BCUT2D eigenvalue weighted by molar-refractivity contribution is 1.25. The molecule has 4 aromatic rings. The quantitative estimate of drug-likeness (QED) is 0.562. The molecule has 0 spiro atoms. The van der Waals surface area contributed by atoms with Crippen molar-refractivity contribution in [2.75, 3.05) is 0 Å². The van der Waals surface area contributed by atoms with Crippen LogP contribution in [0.1, 0.15) is 0 Å². The van der Waals surface area contributed by atoms with Gasteiger partial charge in [-0.15, -0.1) is 0 Å². The van der Waals surface area contributed by atoms with Crippen LogP contribution in [0.15, 0.2) is 73.1 Å². The van der Waals surface area contributed by atoms with E-state index in [0.29, 0.717) is 0 Å². The molecule has 4 heterocycles. The zero-order chi connectivity index (χ0) is 14.8. The minimum Gasteiger partial charge on any atom is -0.255 e. The number of rotatable bonds is 2.